The molecule has 4 rings (SSSR count). The summed E-state index contributed by atoms with van der Waals surface area (Å²) in [4.78, 5) is 0. The molecule has 4 heterocycles. The maximum atomic E-state index is 12.5. The molecule has 4 aliphatic heterocycles. The van der Waals surface area contributed by atoms with Gasteiger partial charge in [-0.15, -0.1) is 0 Å². The van der Waals surface area contributed by atoms with Crippen LogP contribution in [0.2, 0.25) is 0 Å². The van der Waals surface area contributed by atoms with Crippen molar-refractivity contribution in [3.8, 4) is 0 Å². The van der Waals surface area contributed by atoms with E-state index in [1.54, 1.807) is 0 Å². The molecule has 4 aliphatic rings. The van der Waals surface area contributed by atoms with Crippen LogP contribution in [0.1, 0.15) is 0 Å². The molecular formula is C24H43O23P. The Morgan fingerprint density at radius 2 is 0.854 bits per heavy atom. The monoisotopic (exact) mass is 730 g/mol. The first-order valence-corrected chi connectivity index (χ1v) is 15.9. The summed E-state index contributed by atoms with van der Waals surface area (Å²) < 4.78 is 54.6. The van der Waals surface area contributed by atoms with Crippen LogP contribution in [0.3, 0.4) is 0 Å². The minimum absolute atomic E-state index is 0.796. The SMILES string of the molecule is O=[PH](OC[C@H]1O[C@H](O[C@]2(CO)O[C@H](CO)[C@@H](O)[C@@H]2O)[C@H](O)[C@@H](O)[C@@H]1O)OC[C@H]1O[C@H](O[C@]2(CO)O[C@H](CO)[C@@H](O)[C@@H]2O)[C@H](O)[C@@H](O)[C@@H]1O. The van der Waals surface area contributed by atoms with E-state index < -0.39 is 158 Å². The van der Waals surface area contributed by atoms with Crippen LogP contribution in [0.25, 0.3) is 0 Å². The number of hydrogen-bond acceptors (Lipinski definition) is 23. The van der Waals surface area contributed by atoms with Crippen LogP contribution in [-0.4, -0.2) is 221 Å². The maximum absolute atomic E-state index is 12.5. The van der Waals surface area contributed by atoms with Gasteiger partial charge in [-0.3, -0.25) is 4.57 Å². The summed E-state index contributed by atoms with van der Waals surface area (Å²) in [5.74, 6) is -4.88. The summed E-state index contributed by atoms with van der Waals surface area (Å²) in [5.41, 5.74) is 0. The molecule has 4 fully saturated rings. The quantitative estimate of drug-likeness (QED) is 0.0738. The summed E-state index contributed by atoms with van der Waals surface area (Å²) in [6.45, 7) is -5.47. The van der Waals surface area contributed by atoms with Crippen molar-refractivity contribution in [2.45, 2.75) is 110 Å². The van der Waals surface area contributed by atoms with Gasteiger partial charge in [-0.2, -0.15) is 0 Å². The standard InChI is InChI=1S/C24H43O23P/c25-1-7-13(31)19(37)23(5-27,44-7)46-21-17(35)15(33)11(29)9(42-21)3-40-48(39)41-4-10-12(30)16(34)18(36)22(43-10)47-24(6-28)20(38)14(32)8(2-26)45-24/h7-22,25-38,48H,1-6H2/t7-,8-,9-,10-,11-,12-,13-,14-,15+,16+,17-,18-,19+,20+,21-,22-,23+,24+/m1/s1. The fraction of sp³-hybridized carbons (Fsp3) is 1.00. The molecule has 0 aliphatic carbocycles. The van der Waals surface area contributed by atoms with Gasteiger partial charge in [0.2, 0.25) is 11.6 Å². The van der Waals surface area contributed by atoms with Crippen molar-refractivity contribution in [3.05, 3.63) is 0 Å². The smallest absolute Gasteiger partial charge is 0.319 e. The molecule has 48 heavy (non-hydrogen) atoms. The Morgan fingerprint density at radius 1 is 0.500 bits per heavy atom. The molecule has 282 valence electrons. The molecule has 23 nitrogen and oxygen atoms in total. The molecule has 0 amide bonds. The van der Waals surface area contributed by atoms with Crippen LogP contribution in [0.4, 0.5) is 0 Å². The average Bonchev–Trinajstić information content (AvgIpc) is 3.47. The molecule has 0 aromatic rings. The fourth-order valence-electron chi connectivity index (χ4n) is 5.58. The molecule has 0 aromatic carbocycles. The zero-order valence-corrected chi connectivity index (χ0v) is 25.9. The highest BCUT2D eigenvalue weighted by Crippen LogP contribution is 2.38. The van der Waals surface area contributed by atoms with Crippen LogP contribution in [0.15, 0.2) is 0 Å². The van der Waals surface area contributed by atoms with E-state index in [2.05, 4.69) is 0 Å². The third kappa shape index (κ3) is 7.74. The Bertz CT molecular complexity index is 984. The zero-order valence-electron chi connectivity index (χ0n) is 24.9. The van der Waals surface area contributed by atoms with Gasteiger partial charge in [-0.05, 0) is 0 Å². The van der Waals surface area contributed by atoms with E-state index in [9.17, 15) is 76.1 Å². The number of aliphatic hydroxyl groups is 14. The number of rotatable bonds is 14. The molecule has 14 N–H and O–H groups in total. The lowest BCUT2D eigenvalue weighted by molar-refractivity contribution is -0.383. The Balaban J connectivity index is 1.34. The van der Waals surface area contributed by atoms with Crippen LogP contribution in [0.5, 0.6) is 0 Å². The molecule has 24 heteroatoms. The van der Waals surface area contributed by atoms with Gasteiger partial charge in [0.15, 0.2) is 12.6 Å². The van der Waals surface area contributed by atoms with Crippen LogP contribution in [0, 0.1) is 0 Å². The summed E-state index contributed by atoms with van der Waals surface area (Å²) >= 11 is 0. The zero-order chi connectivity index (χ0) is 35.7. The molecule has 18 atom stereocenters. The van der Waals surface area contributed by atoms with E-state index in [-0.39, 0.29) is 0 Å². The lowest BCUT2D eigenvalue weighted by Crippen LogP contribution is -2.62. The Hall–Kier alpha value is -0.650. The predicted octanol–water partition coefficient (Wildman–Crippen LogP) is -9.34. The van der Waals surface area contributed by atoms with E-state index in [0.717, 1.165) is 0 Å². The van der Waals surface area contributed by atoms with Crippen molar-refractivity contribution in [1.82, 2.24) is 0 Å². The van der Waals surface area contributed by atoms with Gasteiger partial charge in [0.1, 0.15) is 98.7 Å². The highest BCUT2D eigenvalue weighted by atomic mass is 31.1. The summed E-state index contributed by atoms with van der Waals surface area (Å²) in [6.07, 6.45) is -29.2. The maximum Gasteiger partial charge on any atom is 0.319 e. The minimum atomic E-state index is -3.59. The van der Waals surface area contributed by atoms with Gasteiger partial charge < -0.3 is 109 Å². The molecule has 0 bridgehead atoms. The van der Waals surface area contributed by atoms with Crippen molar-refractivity contribution in [1.29, 1.82) is 0 Å². The Kier molecular flexibility index (Phi) is 13.7. The predicted molar refractivity (Wildman–Crippen MR) is 144 cm³/mol. The number of ether oxygens (including phenoxy) is 6. The lowest BCUT2D eigenvalue weighted by Gasteiger charge is -2.43. The van der Waals surface area contributed by atoms with Crippen molar-refractivity contribution >= 4 is 8.25 Å². The van der Waals surface area contributed by atoms with E-state index in [0.29, 0.717) is 0 Å². The summed E-state index contributed by atoms with van der Waals surface area (Å²) in [6, 6.07) is 0. The normalized spacial score (nSPS) is 50.0. The first-order chi connectivity index (χ1) is 22.6. The van der Waals surface area contributed by atoms with Gasteiger partial charge in [0, 0.05) is 0 Å². The second kappa shape index (κ2) is 16.4. The Labute approximate surface area is 271 Å². The highest BCUT2D eigenvalue weighted by Gasteiger charge is 2.60. The first kappa shape index (κ1) is 40.1. The third-order valence-corrected chi connectivity index (χ3v) is 9.32. The Morgan fingerprint density at radius 3 is 1.15 bits per heavy atom. The highest BCUT2D eigenvalue weighted by molar-refractivity contribution is 7.33. The van der Waals surface area contributed by atoms with Crippen LogP contribution >= 0.6 is 8.25 Å². The van der Waals surface area contributed by atoms with Gasteiger partial charge in [0.05, 0.1) is 26.4 Å². The summed E-state index contributed by atoms with van der Waals surface area (Å²) in [7, 11) is -3.59. The van der Waals surface area contributed by atoms with E-state index in [4.69, 9.17) is 37.5 Å². The first-order valence-electron chi connectivity index (χ1n) is 14.7. The molecular weight excluding hydrogens is 687 g/mol. The number of hydrogen-bond donors (Lipinski definition) is 14. The third-order valence-electron chi connectivity index (χ3n) is 8.51. The van der Waals surface area contributed by atoms with Crippen molar-refractivity contribution in [2.24, 2.45) is 0 Å². The average molecular weight is 731 g/mol. The van der Waals surface area contributed by atoms with E-state index >= 15 is 0 Å². The van der Waals surface area contributed by atoms with Gasteiger partial charge >= 0.3 is 8.25 Å². The van der Waals surface area contributed by atoms with Crippen LogP contribution < -0.4 is 0 Å². The largest absolute Gasteiger partial charge is 0.394 e. The van der Waals surface area contributed by atoms with Crippen molar-refractivity contribution in [3.63, 3.8) is 0 Å². The van der Waals surface area contributed by atoms with Crippen LogP contribution in [-0.2, 0) is 42.0 Å². The molecule has 0 radical (unpaired) electrons. The molecule has 0 saturated carbocycles. The van der Waals surface area contributed by atoms with E-state index in [1.165, 1.54) is 0 Å². The minimum Gasteiger partial charge on any atom is -0.394 e. The fourth-order valence-corrected chi connectivity index (χ4v) is 6.26. The molecule has 0 spiro atoms. The van der Waals surface area contributed by atoms with Crippen molar-refractivity contribution < 1.29 is 114 Å². The second-order valence-corrected chi connectivity index (χ2v) is 12.7. The number of aliphatic hydroxyl groups excluding tert-OH is 14. The van der Waals surface area contributed by atoms with Gasteiger partial charge in [-0.1, -0.05) is 0 Å². The summed E-state index contributed by atoms with van der Waals surface area (Å²) in [5, 5.41) is 141. The lowest BCUT2D eigenvalue weighted by atomic mass is 9.99. The topological polar surface area (TPSA) is 374 Å². The van der Waals surface area contributed by atoms with Gasteiger partial charge in [-0.25, -0.2) is 0 Å². The van der Waals surface area contributed by atoms with E-state index in [1.807, 2.05) is 0 Å². The van der Waals surface area contributed by atoms with Crippen molar-refractivity contribution in [2.75, 3.05) is 39.6 Å². The van der Waals surface area contributed by atoms with Gasteiger partial charge in [0.25, 0.3) is 0 Å². The molecule has 0 aromatic heterocycles. The second-order valence-electron chi connectivity index (χ2n) is 11.6. The molecule has 0 unspecified atom stereocenters. The molecule has 4 saturated heterocycles.